The van der Waals surface area contributed by atoms with E-state index in [-0.39, 0.29) is 21.3 Å². The van der Waals surface area contributed by atoms with Crippen molar-refractivity contribution in [1.29, 1.82) is 0 Å². The van der Waals surface area contributed by atoms with E-state index in [1.807, 2.05) is 6.07 Å². The van der Waals surface area contributed by atoms with Gasteiger partial charge in [0, 0.05) is 30.6 Å². The monoisotopic (exact) mass is 495 g/mol. The summed E-state index contributed by atoms with van der Waals surface area (Å²) in [5.74, 6) is -0.830. The fourth-order valence-corrected chi connectivity index (χ4v) is 5.64. The van der Waals surface area contributed by atoms with Crippen molar-refractivity contribution in [3.8, 4) is 0 Å². The van der Waals surface area contributed by atoms with E-state index in [0.717, 1.165) is 10.4 Å². The summed E-state index contributed by atoms with van der Waals surface area (Å²) in [5.41, 5.74) is 1.41. The number of aryl methyl sites for hydroxylation is 1. The lowest BCUT2D eigenvalue weighted by molar-refractivity contribution is 0.102. The highest BCUT2D eigenvalue weighted by Gasteiger charge is 2.24. The van der Waals surface area contributed by atoms with Gasteiger partial charge in [-0.1, -0.05) is 37.6 Å². The second-order valence-electron chi connectivity index (χ2n) is 7.08. The topological polar surface area (TPSA) is 79.4 Å². The summed E-state index contributed by atoms with van der Waals surface area (Å²) < 4.78 is 40.6. The molecule has 10 heteroatoms. The van der Waals surface area contributed by atoms with Crippen molar-refractivity contribution >= 4 is 44.0 Å². The Morgan fingerprint density at radius 3 is 2.56 bits per heavy atom. The minimum atomic E-state index is -3.73. The lowest BCUT2D eigenvalue weighted by atomic mass is 10.1. The molecule has 1 aromatic heterocycles. The second kappa shape index (κ2) is 10.1. The number of rotatable bonds is 8. The van der Waals surface area contributed by atoms with Crippen LogP contribution < -0.4 is 5.32 Å². The maximum atomic E-state index is 13.8. The van der Waals surface area contributed by atoms with E-state index in [2.05, 4.69) is 10.3 Å². The van der Waals surface area contributed by atoms with E-state index in [9.17, 15) is 17.6 Å². The molecular formula is C22H23ClFN3O3S2. The molecule has 0 fully saturated rings. The summed E-state index contributed by atoms with van der Waals surface area (Å²) in [6.45, 7) is 5.82. The third-order valence-electron chi connectivity index (χ3n) is 4.91. The quantitative estimate of drug-likeness (QED) is 0.470. The number of carbonyl (C=O) groups is 1. The summed E-state index contributed by atoms with van der Waals surface area (Å²) in [7, 11) is -3.73. The largest absolute Gasteiger partial charge is 0.298 e. The molecule has 0 saturated carbocycles. The van der Waals surface area contributed by atoms with Crippen molar-refractivity contribution < 1.29 is 17.6 Å². The molecule has 2 aromatic carbocycles. The van der Waals surface area contributed by atoms with Gasteiger partial charge >= 0.3 is 0 Å². The van der Waals surface area contributed by atoms with Crippen molar-refractivity contribution in [2.45, 2.75) is 32.1 Å². The maximum Gasteiger partial charge on any atom is 0.259 e. The highest BCUT2D eigenvalue weighted by Crippen LogP contribution is 2.26. The van der Waals surface area contributed by atoms with Crippen molar-refractivity contribution in [2.24, 2.45) is 0 Å². The van der Waals surface area contributed by atoms with E-state index < -0.39 is 15.9 Å². The molecule has 170 valence electrons. The number of halogens is 2. The number of hydrogen-bond acceptors (Lipinski definition) is 5. The number of carbonyl (C=O) groups excluding carboxylic acids is 1. The number of amides is 1. The van der Waals surface area contributed by atoms with Crippen LogP contribution in [-0.2, 0) is 16.4 Å². The summed E-state index contributed by atoms with van der Waals surface area (Å²) in [6, 6.07) is 9.10. The van der Waals surface area contributed by atoms with Gasteiger partial charge in [-0.05, 0) is 42.3 Å². The molecule has 0 aliphatic heterocycles. The molecule has 0 bridgehead atoms. The first-order valence-electron chi connectivity index (χ1n) is 9.96. The molecule has 0 aliphatic carbocycles. The molecule has 32 heavy (non-hydrogen) atoms. The predicted molar refractivity (Wildman–Crippen MR) is 126 cm³/mol. The molecule has 0 spiro atoms. The highest BCUT2D eigenvalue weighted by atomic mass is 35.5. The van der Waals surface area contributed by atoms with Crippen molar-refractivity contribution in [3.05, 3.63) is 75.0 Å². The normalized spacial score (nSPS) is 11.7. The Bertz CT molecular complexity index is 1240. The van der Waals surface area contributed by atoms with Gasteiger partial charge in [0.25, 0.3) is 5.91 Å². The molecule has 3 rings (SSSR count). The van der Waals surface area contributed by atoms with Crippen LogP contribution in [0.3, 0.4) is 0 Å². The van der Waals surface area contributed by atoms with Crippen LogP contribution >= 0.6 is 22.9 Å². The molecule has 0 aliphatic rings. The zero-order valence-electron chi connectivity index (χ0n) is 17.9. The molecule has 0 unspecified atom stereocenters. The van der Waals surface area contributed by atoms with Gasteiger partial charge in [-0.15, -0.1) is 11.3 Å². The second-order valence-corrected chi connectivity index (χ2v) is 10.5. The number of benzene rings is 2. The van der Waals surface area contributed by atoms with Gasteiger partial charge in [-0.25, -0.2) is 17.8 Å². The van der Waals surface area contributed by atoms with Crippen LogP contribution in [-0.4, -0.2) is 36.7 Å². The van der Waals surface area contributed by atoms with Gasteiger partial charge in [0.2, 0.25) is 10.0 Å². The van der Waals surface area contributed by atoms with E-state index in [0.29, 0.717) is 30.2 Å². The average Bonchev–Trinajstić information content (AvgIpc) is 3.18. The van der Waals surface area contributed by atoms with Crippen LogP contribution in [0.1, 0.15) is 40.2 Å². The fraction of sp³-hybridized carbons (Fsp3) is 0.273. The van der Waals surface area contributed by atoms with E-state index in [1.165, 1.54) is 39.9 Å². The lowest BCUT2D eigenvalue weighted by Gasteiger charge is -2.19. The van der Waals surface area contributed by atoms with Crippen molar-refractivity contribution in [3.63, 3.8) is 0 Å². The molecule has 1 heterocycles. The Hall–Kier alpha value is -2.33. The van der Waals surface area contributed by atoms with Crippen LogP contribution in [0.25, 0.3) is 0 Å². The number of thiazole rings is 1. The number of nitrogens with one attached hydrogen (secondary N) is 1. The summed E-state index contributed by atoms with van der Waals surface area (Å²) >= 11 is 7.43. The van der Waals surface area contributed by atoms with Crippen molar-refractivity contribution in [2.75, 3.05) is 18.4 Å². The fourth-order valence-electron chi connectivity index (χ4n) is 3.11. The molecule has 0 saturated heterocycles. The van der Waals surface area contributed by atoms with Gasteiger partial charge < -0.3 is 0 Å². The highest BCUT2D eigenvalue weighted by molar-refractivity contribution is 7.89. The van der Waals surface area contributed by atoms with E-state index >= 15 is 0 Å². The van der Waals surface area contributed by atoms with Crippen LogP contribution in [0, 0.1) is 12.7 Å². The summed E-state index contributed by atoms with van der Waals surface area (Å²) in [6.07, 6.45) is 2.09. The Morgan fingerprint density at radius 1 is 1.19 bits per heavy atom. The van der Waals surface area contributed by atoms with Crippen LogP contribution in [0.4, 0.5) is 9.52 Å². The molecule has 1 N–H and O–H groups in total. The van der Waals surface area contributed by atoms with Crippen LogP contribution in [0.5, 0.6) is 0 Å². The average molecular weight is 496 g/mol. The Morgan fingerprint density at radius 2 is 1.91 bits per heavy atom. The molecule has 1 amide bonds. The van der Waals surface area contributed by atoms with E-state index in [1.54, 1.807) is 33.0 Å². The van der Waals surface area contributed by atoms with Crippen LogP contribution in [0.15, 0.2) is 47.5 Å². The zero-order chi connectivity index (χ0) is 23.5. The number of sulfonamides is 1. The van der Waals surface area contributed by atoms with Crippen molar-refractivity contribution in [1.82, 2.24) is 9.29 Å². The van der Waals surface area contributed by atoms with E-state index in [4.69, 9.17) is 11.6 Å². The molecule has 0 atom stereocenters. The molecule has 6 nitrogen and oxygen atoms in total. The van der Waals surface area contributed by atoms with Gasteiger partial charge in [0.15, 0.2) is 5.13 Å². The number of anilines is 1. The minimum Gasteiger partial charge on any atom is -0.298 e. The zero-order valence-corrected chi connectivity index (χ0v) is 20.2. The molecule has 3 aromatic rings. The first-order chi connectivity index (χ1) is 15.1. The predicted octanol–water partition coefficient (Wildman–Crippen LogP) is 5.12. The van der Waals surface area contributed by atoms with Gasteiger partial charge in [-0.2, -0.15) is 4.31 Å². The number of aromatic nitrogens is 1. The number of nitrogens with zero attached hydrogens (tertiary/aromatic N) is 2. The summed E-state index contributed by atoms with van der Waals surface area (Å²) in [5, 5.41) is 3.13. The Kier molecular flexibility index (Phi) is 7.66. The first-order valence-corrected chi connectivity index (χ1v) is 12.6. The first kappa shape index (κ1) is 24.3. The molecule has 0 radical (unpaired) electrons. The Balaban J connectivity index is 1.78. The number of hydrogen-bond donors (Lipinski definition) is 1. The van der Waals surface area contributed by atoms with Gasteiger partial charge in [-0.3, -0.25) is 10.1 Å². The standard InChI is InChI=1S/C22H23ClFN3O3S2/c1-4-27(5-2)32(29,30)17-8-9-19(23)18(12-17)21(28)26-22-25-13-16(31-22)10-15-7-6-14(3)20(24)11-15/h6-9,11-13H,4-5,10H2,1-3H3,(H,25,26,28). The lowest BCUT2D eigenvalue weighted by Crippen LogP contribution is -2.30. The third kappa shape index (κ3) is 5.35. The molecular weight excluding hydrogens is 473 g/mol. The van der Waals surface area contributed by atoms with Gasteiger partial charge in [0.05, 0.1) is 15.5 Å². The third-order valence-corrected chi connectivity index (χ3v) is 8.20. The van der Waals surface area contributed by atoms with Gasteiger partial charge in [0.1, 0.15) is 5.82 Å². The minimum absolute atomic E-state index is 0.00280. The SMILES string of the molecule is CCN(CC)S(=O)(=O)c1ccc(Cl)c(C(=O)Nc2ncc(Cc3ccc(C)c(F)c3)s2)c1. The maximum absolute atomic E-state index is 13.8. The Labute approximate surface area is 196 Å². The van der Waals surface area contributed by atoms with Crippen LogP contribution in [0.2, 0.25) is 5.02 Å². The smallest absolute Gasteiger partial charge is 0.259 e. The summed E-state index contributed by atoms with van der Waals surface area (Å²) in [4.78, 5) is 17.8.